The number of carbonyl (C=O) groups excluding carboxylic acids is 1. The van der Waals surface area contributed by atoms with Crippen LogP contribution in [0.15, 0.2) is 22.7 Å². The van der Waals surface area contributed by atoms with Gasteiger partial charge in [0.2, 0.25) is 0 Å². The van der Waals surface area contributed by atoms with Crippen LogP contribution < -0.4 is 5.32 Å². The van der Waals surface area contributed by atoms with Crippen LogP contribution in [0.1, 0.15) is 36.0 Å². The Balaban J connectivity index is 1.92. The van der Waals surface area contributed by atoms with Crippen LogP contribution in [0, 0.1) is 11.7 Å². The second kappa shape index (κ2) is 6.84. The van der Waals surface area contributed by atoms with E-state index in [9.17, 15) is 9.18 Å². The van der Waals surface area contributed by atoms with E-state index >= 15 is 0 Å². The van der Waals surface area contributed by atoms with Gasteiger partial charge in [-0.25, -0.2) is 4.39 Å². The van der Waals surface area contributed by atoms with Crippen LogP contribution in [0.5, 0.6) is 0 Å². The van der Waals surface area contributed by atoms with Crippen molar-refractivity contribution >= 4 is 37.8 Å². The van der Waals surface area contributed by atoms with Crippen LogP contribution in [0.3, 0.4) is 0 Å². The first-order valence-corrected chi connectivity index (χ1v) is 8.14. The number of benzene rings is 1. The van der Waals surface area contributed by atoms with Crippen molar-refractivity contribution in [2.75, 3.05) is 6.54 Å². The number of nitrogens with one attached hydrogen (secondary N) is 1. The number of hydrogen-bond acceptors (Lipinski definition) is 1. The molecule has 0 aliphatic heterocycles. The largest absolute Gasteiger partial charge is 0.352 e. The summed E-state index contributed by atoms with van der Waals surface area (Å²) in [6.07, 6.45) is 4.64. The molecule has 1 N–H and O–H groups in total. The average molecular weight is 393 g/mol. The minimum absolute atomic E-state index is 0.219. The highest BCUT2D eigenvalue weighted by molar-refractivity contribution is 9.10. The lowest BCUT2D eigenvalue weighted by Gasteiger charge is -2.25. The van der Waals surface area contributed by atoms with Crippen molar-refractivity contribution in [2.45, 2.75) is 30.5 Å². The van der Waals surface area contributed by atoms with E-state index in [1.807, 2.05) is 0 Å². The van der Waals surface area contributed by atoms with Gasteiger partial charge in [-0.05, 0) is 59.3 Å². The molecule has 19 heavy (non-hydrogen) atoms. The Labute approximate surface area is 129 Å². The predicted octanol–water partition coefficient (Wildman–Crippen LogP) is 4.27. The molecule has 1 amide bonds. The molecule has 2 nitrogen and oxygen atoms in total. The first kappa shape index (κ1) is 15.0. The van der Waals surface area contributed by atoms with Gasteiger partial charge < -0.3 is 5.32 Å². The van der Waals surface area contributed by atoms with E-state index in [2.05, 4.69) is 37.2 Å². The third-order valence-electron chi connectivity index (χ3n) is 3.44. The summed E-state index contributed by atoms with van der Waals surface area (Å²) in [6, 6.07) is 4.14. The van der Waals surface area contributed by atoms with E-state index in [1.165, 1.54) is 25.0 Å². The molecule has 1 saturated carbocycles. The molecule has 1 aliphatic rings. The number of carbonyl (C=O) groups is 1. The summed E-state index contributed by atoms with van der Waals surface area (Å²) >= 11 is 6.90. The normalized spacial score (nSPS) is 23.1. The Morgan fingerprint density at radius 2 is 2.21 bits per heavy atom. The second-order valence-corrected chi connectivity index (χ2v) is 7.11. The molecule has 5 heteroatoms. The van der Waals surface area contributed by atoms with Crippen molar-refractivity contribution in [3.05, 3.63) is 34.1 Å². The predicted molar refractivity (Wildman–Crippen MR) is 81.1 cm³/mol. The molecule has 2 unspecified atom stereocenters. The molecule has 1 fully saturated rings. The molecule has 0 saturated heterocycles. The fraction of sp³-hybridized carbons (Fsp3) is 0.500. The first-order valence-electron chi connectivity index (χ1n) is 6.43. The third kappa shape index (κ3) is 4.28. The van der Waals surface area contributed by atoms with Crippen molar-refractivity contribution in [1.29, 1.82) is 0 Å². The molecule has 2 rings (SSSR count). The second-order valence-electron chi connectivity index (χ2n) is 4.96. The van der Waals surface area contributed by atoms with E-state index in [0.717, 1.165) is 12.8 Å². The summed E-state index contributed by atoms with van der Waals surface area (Å²) < 4.78 is 13.8. The lowest BCUT2D eigenvalue weighted by Crippen LogP contribution is -2.32. The molecule has 0 spiro atoms. The molecule has 1 aromatic rings. The SMILES string of the molecule is O=C(NCC1CCCC(Br)C1)c1cc(F)ccc1Br. The van der Waals surface area contributed by atoms with Gasteiger partial charge in [0.05, 0.1) is 5.56 Å². The maximum Gasteiger partial charge on any atom is 0.252 e. The molecule has 0 aromatic heterocycles. The van der Waals surface area contributed by atoms with Gasteiger partial charge in [-0.1, -0.05) is 22.4 Å². The maximum absolute atomic E-state index is 13.1. The summed E-state index contributed by atoms with van der Waals surface area (Å²) in [7, 11) is 0. The van der Waals surface area contributed by atoms with Crippen LogP contribution >= 0.6 is 31.9 Å². The van der Waals surface area contributed by atoms with E-state index in [4.69, 9.17) is 0 Å². The average Bonchev–Trinajstić information content (AvgIpc) is 2.39. The molecule has 0 heterocycles. The minimum atomic E-state index is -0.397. The Morgan fingerprint density at radius 1 is 1.42 bits per heavy atom. The zero-order valence-electron chi connectivity index (χ0n) is 10.5. The van der Waals surface area contributed by atoms with Crippen LogP contribution in [0.2, 0.25) is 0 Å². The molecule has 0 bridgehead atoms. The lowest BCUT2D eigenvalue weighted by molar-refractivity contribution is 0.0942. The maximum atomic E-state index is 13.1. The van der Waals surface area contributed by atoms with E-state index in [0.29, 0.717) is 27.3 Å². The zero-order chi connectivity index (χ0) is 13.8. The first-order chi connectivity index (χ1) is 9.06. The van der Waals surface area contributed by atoms with Crippen molar-refractivity contribution in [3.63, 3.8) is 0 Å². The number of amides is 1. The molecular formula is C14H16Br2FNO. The van der Waals surface area contributed by atoms with Crippen LogP contribution in [-0.2, 0) is 0 Å². The highest BCUT2D eigenvalue weighted by atomic mass is 79.9. The fourth-order valence-corrected chi connectivity index (χ4v) is 3.69. The molecule has 2 atom stereocenters. The van der Waals surface area contributed by atoms with Crippen molar-refractivity contribution in [2.24, 2.45) is 5.92 Å². The molecule has 1 aliphatic carbocycles. The molecule has 1 aromatic carbocycles. The fourth-order valence-electron chi connectivity index (χ4n) is 2.41. The number of rotatable bonds is 3. The van der Waals surface area contributed by atoms with E-state index in [-0.39, 0.29) is 5.91 Å². The van der Waals surface area contributed by atoms with E-state index < -0.39 is 5.82 Å². The lowest BCUT2D eigenvalue weighted by atomic mass is 9.89. The Bertz CT molecular complexity index is 467. The standard InChI is InChI=1S/C14H16Br2FNO/c15-10-3-1-2-9(6-10)8-18-14(19)12-7-11(17)4-5-13(12)16/h4-5,7,9-10H,1-3,6,8H2,(H,18,19). The monoisotopic (exact) mass is 391 g/mol. The summed E-state index contributed by atoms with van der Waals surface area (Å²) in [5, 5.41) is 2.90. The van der Waals surface area contributed by atoms with Crippen molar-refractivity contribution in [3.8, 4) is 0 Å². The summed E-state index contributed by atoms with van der Waals surface area (Å²) in [4.78, 5) is 12.6. The highest BCUT2D eigenvalue weighted by Crippen LogP contribution is 2.28. The van der Waals surface area contributed by atoms with Gasteiger partial charge in [-0.15, -0.1) is 0 Å². The van der Waals surface area contributed by atoms with Crippen LogP contribution in [0.25, 0.3) is 0 Å². The number of hydrogen-bond donors (Lipinski definition) is 1. The van der Waals surface area contributed by atoms with Gasteiger partial charge in [-0.2, -0.15) is 0 Å². The summed E-state index contributed by atoms with van der Waals surface area (Å²) in [6.45, 7) is 0.657. The van der Waals surface area contributed by atoms with Gasteiger partial charge >= 0.3 is 0 Å². The quantitative estimate of drug-likeness (QED) is 0.764. The summed E-state index contributed by atoms with van der Waals surface area (Å²) in [5.74, 6) is -0.107. The van der Waals surface area contributed by atoms with Gasteiger partial charge in [0.1, 0.15) is 5.82 Å². The zero-order valence-corrected chi connectivity index (χ0v) is 13.6. The molecule has 0 radical (unpaired) electrons. The smallest absolute Gasteiger partial charge is 0.252 e. The van der Waals surface area contributed by atoms with E-state index in [1.54, 1.807) is 6.07 Å². The van der Waals surface area contributed by atoms with Gasteiger partial charge in [0.15, 0.2) is 0 Å². The minimum Gasteiger partial charge on any atom is -0.352 e. The Morgan fingerprint density at radius 3 is 2.95 bits per heavy atom. The van der Waals surface area contributed by atoms with Crippen molar-refractivity contribution in [1.82, 2.24) is 5.32 Å². The van der Waals surface area contributed by atoms with Gasteiger partial charge in [0, 0.05) is 15.8 Å². The topological polar surface area (TPSA) is 29.1 Å². The van der Waals surface area contributed by atoms with Crippen LogP contribution in [0.4, 0.5) is 4.39 Å². The van der Waals surface area contributed by atoms with Crippen molar-refractivity contribution < 1.29 is 9.18 Å². The van der Waals surface area contributed by atoms with Crippen LogP contribution in [-0.4, -0.2) is 17.3 Å². The summed E-state index contributed by atoms with van der Waals surface area (Å²) in [5.41, 5.74) is 0.353. The Hall–Kier alpha value is -0.420. The Kier molecular flexibility index (Phi) is 5.39. The number of halogens is 3. The van der Waals surface area contributed by atoms with Gasteiger partial charge in [0.25, 0.3) is 5.91 Å². The molecule has 104 valence electrons. The van der Waals surface area contributed by atoms with Gasteiger partial charge in [-0.3, -0.25) is 4.79 Å². The highest BCUT2D eigenvalue weighted by Gasteiger charge is 2.21. The number of alkyl halides is 1. The molecular weight excluding hydrogens is 377 g/mol. The third-order valence-corrected chi connectivity index (χ3v) is 4.97.